The second-order valence-electron chi connectivity index (χ2n) is 4.19. The number of aromatic carboxylic acids is 1. The van der Waals surface area contributed by atoms with Gasteiger partial charge in [-0.05, 0) is 17.7 Å². The highest BCUT2D eigenvalue weighted by Gasteiger charge is 2.09. The van der Waals surface area contributed by atoms with Crippen molar-refractivity contribution < 1.29 is 18.3 Å². The highest BCUT2D eigenvalue weighted by Crippen LogP contribution is 2.16. The smallest absolute Gasteiger partial charge is 0.255 e. The first-order valence-electron chi connectivity index (χ1n) is 6.04. The maximum atomic E-state index is 11.9. The van der Waals surface area contributed by atoms with Crippen LogP contribution in [-0.2, 0) is 10.0 Å². The van der Waals surface area contributed by atoms with Crippen LogP contribution in [-0.4, -0.2) is 14.4 Å². The van der Waals surface area contributed by atoms with E-state index in [9.17, 15) is 18.3 Å². The van der Waals surface area contributed by atoms with E-state index in [0.29, 0.717) is 0 Å². The Bertz CT molecular complexity index is 767. The molecule has 0 heterocycles. The monoisotopic (exact) mass is 302 g/mol. The fourth-order valence-corrected chi connectivity index (χ4v) is 2.56. The number of benzene rings is 2. The van der Waals surface area contributed by atoms with Gasteiger partial charge in [-0.1, -0.05) is 48.5 Å². The van der Waals surface area contributed by atoms with Crippen LogP contribution in [0.4, 0.5) is 5.69 Å². The minimum Gasteiger partial charge on any atom is -0.545 e. The lowest BCUT2D eigenvalue weighted by molar-refractivity contribution is -0.254. The summed E-state index contributed by atoms with van der Waals surface area (Å²) in [5.41, 5.74) is 0.473. The molecule has 0 amide bonds. The van der Waals surface area contributed by atoms with Crippen LogP contribution in [0.5, 0.6) is 0 Å². The van der Waals surface area contributed by atoms with E-state index in [4.69, 9.17) is 0 Å². The van der Waals surface area contributed by atoms with Crippen molar-refractivity contribution in [1.82, 2.24) is 0 Å². The Balaban J connectivity index is 2.23. The van der Waals surface area contributed by atoms with Gasteiger partial charge in [0.25, 0.3) is 10.0 Å². The highest BCUT2D eigenvalue weighted by molar-refractivity contribution is 7.95. The molecular formula is C15H12NO4S-. The maximum Gasteiger partial charge on any atom is 0.255 e. The van der Waals surface area contributed by atoms with Crippen LogP contribution in [0.25, 0.3) is 6.08 Å². The molecule has 0 spiro atoms. The van der Waals surface area contributed by atoms with Crippen molar-refractivity contribution >= 4 is 27.8 Å². The van der Waals surface area contributed by atoms with Crippen LogP contribution in [0, 0.1) is 0 Å². The molecule has 0 aliphatic carbocycles. The minimum atomic E-state index is -3.81. The number of carboxylic acids is 1. The van der Waals surface area contributed by atoms with E-state index in [1.165, 1.54) is 30.3 Å². The first-order valence-corrected chi connectivity index (χ1v) is 7.59. The number of carbonyl (C=O) groups is 1. The largest absolute Gasteiger partial charge is 0.545 e. The molecule has 0 bridgehead atoms. The number of para-hydroxylation sites is 1. The van der Waals surface area contributed by atoms with Crippen molar-refractivity contribution in [3.05, 3.63) is 71.1 Å². The summed E-state index contributed by atoms with van der Waals surface area (Å²) in [7, 11) is -3.81. The third-order valence-electron chi connectivity index (χ3n) is 2.64. The van der Waals surface area contributed by atoms with Crippen LogP contribution >= 0.6 is 0 Å². The zero-order chi connectivity index (χ0) is 15.3. The van der Waals surface area contributed by atoms with Crippen LogP contribution < -0.4 is 9.83 Å². The average Bonchev–Trinajstić information content (AvgIpc) is 2.46. The number of nitrogens with one attached hydrogen (secondary N) is 1. The molecule has 0 saturated carbocycles. The molecule has 0 aliphatic rings. The summed E-state index contributed by atoms with van der Waals surface area (Å²) in [6.07, 6.45) is 1.42. The number of anilines is 1. The summed E-state index contributed by atoms with van der Waals surface area (Å²) in [4.78, 5) is 10.9. The normalized spacial score (nSPS) is 11.4. The van der Waals surface area contributed by atoms with Gasteiger partial charge in [0.2, 0.25) is 0 Å². The van der Waals surface area contributed by atoms with Gasteiger partial charge in [-0.3, -0.25) is 4.72 Å². The topological polar surface area (TPSA) is 86.3 Å². The molecule has 1 N–H and O–H groups in total. The van der Waals surface area contributed by atoms with E-state index in [1.54, 1.807) is 24.3 Å². The third-order valence-corrected chi connectivity index (χ3v) is 3.64. The van der Waals surface area contributed by atoms with Crippen LogP contribution in [0.15, 0.2) is 60.0 Å². The zero-order valence-corrected chi connectivity index (χ0v) is 11.7. The number of carbonyl (C=O) groups excluding carboxylic acids is 1. The van der Waals surface area contributed by atoms with Gasteiger partial charge in [-0.25, -0.2) is 8.42 Å². The lowest BCUT2D eigenvalue weighted by Crippen LogP contribution is -2.24. The second kappa shape index (κ2) is 6.23. The summed E-state index contributed by atoms with van der Waals surface area (Å²) in [5, 5.41) is 11.9. The Morgan fingerprint density at radius 3 is 2.29 bits per heavy atom. The lowest BCUT2D eigenvalue weighted by Gasteiger charge is -2.11. The molecule has 2 aromatic carbocycles. The van der Waals surface area contributed by atoms with Gasteiger partial charge in [-0.2, -0.15) is 0 Å². The number of hydrogen-bond donors (Lipinski definition) is 1. The van der Waals surface area contributed by atoms with Crippen LogP contribution in [0.2, 0.25) is 0 Å². The van der Waals surface area contributed by atoms with E-state index in [0.717, 1.165) is 11.0 Å². The van der Waals surface area contributed by atoms with Gasteiger partial charge < -0.3 is 9.90 Å². The molecule has 2 rings (SSSR count). The third kappa shape index (κ3) is 4.19. The quantitative estimate of drug-likeness (QED) is 0.906. The fraction of sp³-hybridized carbons (Fsp3) is 0. The molecular weight excluding hydrogens is 290 g/mol. The number of carboxylic acid groups (broad SMARTS) is 1. The average molecular weight is 302 g/mol. The molecule has 5 nitrogen and oxygen atoms in total. The van der Waals surface area contributed by atoms with E-state index in [2.05, 4.69) is 4.72 Å². The molecule has 0 unspecified atom stereocenters. The van der Waals surface area contributed by atoms with Gasteiger partial charge in [0, 0.05) is 5.56 Å². The van der Waals surface area contributed by atoms with E-state index >= 15 is 0 Å². The molecule has 0 atom stereocenters. The Morgan fingerprint density at radius 2 is 1.62 bits per heavy atom. The standard InChI is InChI=1S/C15H13NO4S/c17-15(18)13-8-4-5-9-14(13)16-21(19,20)11-10-12-6-2-1-3-7-12/h1-11,16H,(H,17,18)/p-1. The Labute approximate surface area is 122 Å². The Morgan fingerprint density at radius 1 is 1.00 bits per heavy atom. The molecule has 2 aromatic rings. The van der Waals surface area contributed by atoms with E-state index < -0.39 is 16.0 Å². The molecule has 0 aromatic heterocycles. The van der Waals surface area contributed by atoms with Crippen LogP contribution in [0.3, 0.4) is 0 Å². The Kier molecular flexibility index (Phi) is 4.39. The summed E-state index contributed by atoms with van der Waals surface area (Å²) < 4.78 is 26.1. The van der Waals surface area contributed by atoms with Crippen molar-refractivity contribution in [3.63, 3.8) is 0 Å². The van der Waals surface area contributed by atoms with Crippen molar-refractivity contribution in [2.24, 2.45) is 0 Å². The summed E-state index contributed by atoms with van der Waals surface area (Å²) in [5.74, 6) is -1.44. The van der Waals surface area contributed by atoms with Crippen LogP contribution in [0.1, 0.15) is 15.9 Å². The first kappa shape index (κ1) is 14.8. The lowest BCUT2D eigenvalue weighted by atomic mass is 10.2. The molecule has 6 heteroatoms. The van der Waals surface area contributed by atoms with Gasteiger partial charge in [0.05, 0.1) is 17.1 Å². The summed E-state index contributed by atoms with van der Waals surface area (Å²) in [6, 6.07) is 14.5. The SMILES string of the molecule is O=C([O-])c1ccccc1NS(=O)(=O)C=Cc1ccccc1. The molecule has 0 fully saturated rings. The maximum absolute atomic E-state index is 11.9. The molecule has 0 aliphatic heterocycles. The Hall–Kier alpha value is -2.60. The zero-order valence-electron chi connectivity index (χ0n) is 10.9. The van der Waals surface area contributed by atoms with Gasteiger partial charge in [-0.15, -0.1) is 0 Å². The van der Waals surface area contributed by atoms with Gasteiger partial charge in [0.1, 0.15) is 0 Å². The predicted octanol–water partition coefficient (Wildman–Crippen LogP) is 1.46. The number of sulfonamides is 1. The van der Waals surface area contributed by atoms with Gasteiger partial charge >= 0.3 is 0 Å². The van der Waals surface area contributed by atoms with E-state index in [-0.39, 0.29) is 11.3 Å². The van der Waals surface area contributed by atoms with Crippen molar-refractivity contribution in [3.8, 4) is 0 Å². The molecule has 108 valence electrons. The second-order valence-corrected chi connectivity index (χ2v) is 5.76. The van der Waals surface area contributed by atoms with E-state index in [1.807, 2.05) is 6.07 Å². The van der Waals surface area contributed by atoms with Crippen molar-refractivity contribution in [2.75, 3.05) is 4.72 Å². The van der Waals surface area contributed by atoms with Gasteiger partial charge in [0.15, 0.2) is 0 Å². The van der Waals surface area contributed by atoms with Crippen molar-refractivity contribution in [2.45, 2.75) is 0 Å². The minimum absolute atomic E-state index is 0.0322. The van der Waals surface area contributed by atoms with Crippen molar-refractivity contribution in [1.29, 1.82) is 0 Å². The summed E-state index contributed by atoms with van der Waals surface area (Å²) >= 11 is 0. The molecule has 0 saturated heterocycles. The summed E-state index contributed by atoms with van der Waals surface area (Å²) in [6.45, 7) is 0. The molecule has 0 radical (unpaired) electrons. The fourth-order valence-electron chi connectivity index (χ4n) is 1.67. The number of hydrogen-bond acceptors (Lipinski definition) is 4. The molecule has 21 heavy (non-hydrogen) atoms. The predicted molar refractivity (Wildman–Crippen MR) is 78.8 cm³/mol. The number of rotatable bonds is 5. The highest BCUT2D eigenvalue weighted by atomic mass is 32.2. The first-order chi connectivity index (χ1) is 9.98.